The van der Waals surface area contributed by atoms with Gasteiger partial charge in [0.1, 0.15) is 11.5 Å². The molecule has 156 valence electrons. The highest BCUT2D eigenvalue weighted by molar-refractivity contribution is 5.97. The molecule has 0 aliphatic carbocycles. The van der Waals surface area contributed by atoms with Gasteiger partial charge in [-0.2, -0.15) is 0 Å². The van der Waals surface area contributed by atoms with E-state index in [9.17, 15) is 4.79 Å². The van der Waals surface area contributed by atoms with Gasteiger partial charge in [-0.15, -0.1) is 0 Å². The van der Waals surface area contributed by atoms with Crippen molar-refractivity contribution in [1.29, 1.82) is 0 Å². The number of carbonyl (C=O) groups is 1. The number of benzene rings is 2. The van der Waals surface area contributed by atoms with Gasteiger partial charge < -0.3 is 19.5 Å². The van der Waals surface area contributed by atoms with Gasteiger partial charge in [0, 0.05) is 38.2 Å². The Bertz CT molecular complexity index is 797. The second kappa shape index (κ2) is 10.3. The van der Waals surface area contributed by atoms with Gasteiger partial charge in [0.05, 0.1) is 26.4 Å². The van der Waals surface area contributed by atoms with Gasteiger partial charge >= 0.3 is 0 Å². The molecule has 1 aliphatic heterocycles. The van der Waals surface area contributed by atoms with Crippen molar-refractivity contribution in [1.82, 2.24) is 10.2 Å². The molecule has 2 aromatic rings. The molecule has 3 rings (SSSR count). The monoisotopic (exact) mass is 398 g/mol. The van der Waals surface area contributed by atoms with E-state index in [2.05, 4.69) is 34.5 Å². The van der Waals surface area contributed by atoms with E-state index in [4.69, 9.17) is 14.2 Å². The lowest BCUT2D eigenvalue weighted by Gasteiger charge is -2.39. The van der Waals surface area contributed by atoms with E-state index in [1.54, 1.807) is 39.5 Å². The zero-order valence-corrected chi connectivity index (χ0v) is 17.4. The van der Waals surface area contributed by atoms with Crippen molar-refractivity contribution in [2.45, 2.75) is 18.4 Å². The molecule has 0 saturated carbocycles. The molecule has 0 aromatic heterocycles. The fourth-order valence-corrected chi connectivity index (χ4v) is 3.92. The van der Waals surface area contributed by atoms with Crippen LogP contribution in [-0.4, -0.2) is 64.4 Å². The molecule has 0 spiro atoms. The Morgan fingerprint density at radius 1 is 1.10 bits per heavy atom. The van der Waals surface area contributed by atoms with Gasteiger partial charge in [-0.05, 0) is 30.7 Å². The smallest absolute Gasteiger partial charge is 0.255 e. The van der Waals surface area contributed by atoms with Gasteiger partial charge in [0.15, 0.2) is 0 Å². The Morgan fingerprint density at radius 2 is 1.90 bits per heavy atom. The largest absolute Gasteiger partial charge is 0.497 e. The predicted molar refractivity (Wildman–Crippen MR) is 113 cm³/mol. The first-order chi connectivity index (χ1) is 14.2. The number of hydrogen-bond donors (Lipinski definition) is 1. The van der Waals surface area contributed by atoms with Crippen LogP contribution in [0.15, 0.2) is 48.5 Å². The summed E-state index contributed by atoms with van der Waals surface area (Å²) in [7, 11) is 4.87. The van der Waals surface area contributed by atoms with Crippen LogP contribution in [0.2, 0.25) is 0 Å². The van der Waals surface area contributed by atoms with Gasteiger partial charge in [0.25, 0.3) is 5.91 Å². The Balaban J connectivity index is 1.80. The molecule has 1 heterocycles. The average molecular weight is 399 g/mol. The normalized spacial score (nSPS) is 19.6. The highest BCUT2D eigenvalue weighted by Gasteiger charge is 2.32. The fourth-order valence-electron chi connectivity index (χ4n) is 3.92. The minimum absolute atomic E-state index is 0.00214. The van der Waals surface area contributed by atoms with Crippen LogP contribution in [0.3, 0.4) is 0 Å². The molecule has 29 heavy (non-hydrogen) atoms. The van der Waals surface area contributed by atoms with E-state index < -0.39 is 0 Å². The zero-order chi connectivity index (χ0) is 20.6. The molecule has 1 saturated heterocycles. The summed E-state index contributed by atoms with van der Waals surface area (Å²) >= 11 is 0. The SMILES string of the molecule is COCCN1CC[C@@H](c2ccccc2)[C@@H](NC(=O)c2ccc(OC)cc2OC)C1. The van der Waals surface area contributed by atoms with E-state index >= 15 is 0 Å². The number of amides is 1. The van der Waals surface area contributed by atoms with E-state index in [0.29, 0.717) is 23.7 Å². The summed E-state index contributed by atoms with van der Waals surface area (Å²) in [5.41, 5.74) is 1.76. The highest BCUT2D eigenvalue weighted by atomic mass is 16.5. The van der Waals surface area contributed by atoms with Crippen molar-refractivity contribution in [3.05, 3.63) is 59.7 Å². The first-order valence-corrected chi connectivity index (χ1v) is 9.95. The molecule has 0 unspecified atom stereocenters. The van der Waals surface area contributed by atoms with Crippen LogP contribution in [0.5, 0.6) is 11.5 Å². The summed E-state index contributed by atoms with van der Waals surface area (Å²) in [5.74, 6) is 1.29. The molecule has 6 heteroatoms. The molecule has 1 N–H and O–H groups in total. The number of nitrogens with zero attached hydrogens (tertiary/aromatic N) is 1. The molecule has 2 atom stereocenters. The summed E-state index contributed by atoms with van der Waals surface area (Å²) in [5, 5.41) is 3.26. The van der Waals surface area contributed by atoms with Crippen molar-refractivity contribution in [2.75, 3.05) is 47.6 Å². The van der Waals surface area contributed by atoms with Crippen molar-refractivity contribution < 1.29 is 19.0 Å². The van der Waals surface area contributed by atoms with Gasteiger partial charge in [-0.1, -0.05) is 30.3 Å². The molecular formula is C23H30N2O4. The summed E-state index contributed by atoms with van der Waals surface area (Å²) in [4.78, 5) is 15.5. The summed E-state index contributed by atoms with van der Waals surface area (Å²) in [6.45, 7) is 3.31. The minimum Gasteiger partial charge on any atom is -0.497 e. The lowest BCUT2D eigenvalue weighted by molar-refractivity contribution is 0.0850. The van der Waals surface area contributed by atoms with Crippen LogP contribution in [0.25, 0.3) is 0 Å². The van der Waals surface area contributed by atoms with E-state index in [1.165, 1.54) is 5.56 Å². The zero-order valence-electron chi connectivity index (χ0n) is 17.4. The van der Waals surface area contributed by atoms with Crippen LogP contribution < -0.4 is 14.8 Å². The number of hydrogen-bond acceptors (Lipinski definition) is 5. The number of ether oxygens (including phenoxy) is 3. The summed E-state index contributed by atoms with van der Waals surface area (Å²) in [6.07, 6.45) is 0.985. The van der Waals surface area contributed by atoms with Gasteiger partial charge in [-0.3, -0.25) is 9.69 Å². The molecule has 6 nitrogen and oxygen atoms in total. The molecule has 0 bridgehead atoms. The van der Waals surface area contributed by atoms with Crippen LogP contribution in [-0.2, 0) is 4.74 Å². The predicted octanol–water partition coefficient (Wildman–Crippen LogP) is 2.94. The number of piperidine rings is 1. The molecule has 0 radical (unpaired) electrons. The highest BCUT2D eigenvalue weighted by Crippen LogP contribution is 2.30. The van der Waals surface area contributed by atoms with Crippen LogP contribution in [0.4, 0.5) is 0 Å². The first kappa shape index (κ1) is 21.1. The van der Waals surface area contributed by atoms with E-state index in [1.807, 2.05) is 6.07 Å². The van der Waals surface area contributed by atoms with Gasteiger partial charge in [0.2, 0.25) is 0 Å². The maximum absolute atomic E-state index is 13.1. The molecule has 1 amide bonds. The second-order valence-corrected chi connectivity index (χ2v) is 7.25. The fraction of sp³-hybridized carbons (Fsp3) is 0.435. The lowest BCUT2D eigenvalue weighted by atomic mass is 9.85. The minimum atomic E-state index is -0.135. The van der Waals surface area contributed by atoms with Crippen LogP contribution >= 0.6 is 0 Å². The van der Waals surface area contributed by atoms with E-state index in [-0.39, 0.29) is 17.9 Å². The second-order valence-electron chi connectivity index (χ2n) is 7.25. The quantitative estimate of drug-likeness (QED) is 0.741. The average Bonchev–Trinajstić information content (AvgIpc) is 2.77. The molecule has 1 aliphatic rings. The maximum Gasteiger partial charge on any atom is 0.255 e. The number of rotatable bonds is 8. The number of likely N-dealkylation sites (tertiary alicyclic amines) is 1. The molecule has 2 aromatic carbocycles. The lowest BCUT2D eigenvalue weighted by Crippen LogP contribution is -2.52. The third-order valence-electron chi connectivity index (χ3n) is 5.51. The maximum atomic E-state index is 13.1. The molecular weight excluding hydrogens is 368 g/mol. The first-order valence-electron chi connectivity index (χ1n) is 9.95. The topological polar surface area (TPSA) is 60.0 Å². The summed E-state index contributed by atoms with van der Waals surface area (Å²) in [6, 6.07) is 15.7. The van der Waals surface area contributed by atoms with Gasteiger partial charge in [-0.25, -0.2) is 0 Å². The Labute approximate surface area is 172 Å². The number of carbonyl (C=O) groups excluding carboxylic acids is 1. The number of nitrogens with one attached hydrogen (secondary N) is 1. The van der Waals surface area contributed by atoms with Crippen molar-refractivity contribution in [3.8, 4) is 11.5 Å². The van der Waals surface area contributed by atoms with E-state index in [0.717, 1.165) is 26.1 Å². The van der Waals surface area contributed by atoms with Crippen LogP contribution in [0, 0.1) is 0 Å². The molecule has 1 fully saturated rings. The Hall–Kier alpha value is -2.57. The van der Waals surface area contributed by atoms with Crippen LogP contribution in [0.1, 0.15) is 28.3 Å². The Kier molecular flexibility index (Phi) is 7.49. The third-order valence-corrected chi connectivity index (χ3v) is 5.51. The van der Waals surface area contributed by atoms with Crippen molar-refractivity contribution in [3.63, 3.8) is 0 Å². The third kappa shape index (κ3) is 5.28. The summed E-state index contributed by atoms with van der Waals surface area (Å²) < 4.78 is 15.9. The standard InChI is InChI=1S/C23H30N2O4/c1-27-14-13-25-12-11-19(17-7-5-4-6-8-17)21(16-25)24-23(26)20-10-9-18(28-2)15-22(20)29-3/h4-10,15,19,21H,11-14,16H2,1-3H3,(H,24,26)/t19-,21-/m0/s1. The van der Waals surface area contributed by atoms with Crippen molar-refractivity contribution >= 4 is 5.91 Å². The van der Waals surface area contributed by atoms with Crippen molar-refractivity contribution in [2.24, 2.45) is 0 Å². The Morgan fingerprint density at radius 3 is 2.59 bits per heavy atom. The number of methoxy groups -OCH3 is 3.